The topological polar surface area (TPSA) is 81.3 Å². The van der Waals surface area contributed by atoms with Crippen LogP contribution in [0.5, 0.6) is 0 Å². The first kappa shape index (κ1) is 15.4. The first-order valence-corrected chi connectivity index (χ1v) is 8.34. The average molecular weight is 345 g/mol. The van der Waals surface area contributed by atoms with Crippen molar-refractivity contribution in [2.75, 3.05) is 23.8 Å². The van der Waals surface area contributed by atoms with Crippen LogP contribution in [0.3, 0.4) is 0 Å². The van der Waals surface area contributed by atoms with Crippen LogP contribution in [0.4, 0.5) is 11.8 Å². The summed E-state index contributed by atoms with van der Waals surface area (Å²) in [5.74, 6) is 0.801. The molecule has 4 rings (SSSR count). The second-order valence-electron chi connectivity index (χ2n) is 6.00. The van der Waals surface area contributed by atoms with Gasteiger partial charge in [-0.2, -0.15) is 4.98 Å². The molecule has 0 unspecified atom stereocenters. The van der Waals surface area contributed by atoms with E-state index in [1.807, 2.05) is 18.2 Å². The molecular weight excluding hydrogens is 328 g/mol. The van der Waals surface area contributed by atoms with Crippen LogP contribution in [0.1, 0.15) is 18.4 Å². The number of halogens is 1. The number of fused-ring (bicyclic) bond motifs is 1. The summed E-state index contributed by atoms with van der Waals surface area (Å²) in [6.45, 7) is 1.31. The van der Waals surface area contributed by atoms with Crippen molar-refractivity contribution >= 4 is 29.3 Å². The molecule has 124 valence electrons. The molecule has 3 heterocycles. The van der Waals surface area contributed by atoms with Gasteiger partial charge >= 0.3 is 0 Å². The molecule has 6 nitrogen and oxygen atoms in total. The highest BCUT2D eigenvalue weighted by Gasteiger charge is 2.37. The van der Waals surface area contributed by atoms with E-state index in [9.17, 15) is 4.79 Å². The summed E-state index contributed by atoms with van der Waals surface area (Å²) in [6.07, 6.45) is 1.88. The number of nitrogens with two attached hydrogens (primary N) is 1. The Morgan fingerprint density at radius 2 is 1.96 bits per heavy atom. The minimum Gasteiger partial charge on any atom is -0.381 e. The summed E-state index contributed by atoms with van der Waals surface area (Å²) in [5.41, 5.74) is 8.14. The second-order valence-corrected chi connectivity index (χ2v) is 6.40. The van der Waals surface area contributed by atoms with Gasteiger partial charge in [0.1, 0.15) is 5.82 Å². The van der Waals surface area contributed by atoms with Crippen LogP contribution in [-0.4, -0.2) is 35.1 Å². The molecule has 0 radical (unpaired) electrons. The SMILES string of the molecule is Nc1nc(-c2ccccc2Cl)c2c(n1)N(C1CCOCC1)C(=O)C2. The molecule has 2 N–H and O–H groups in total. The van der Waals surface area contributed by atoms with Crippen molar-refractivity contribution in [3.63, 3.8) is 0 Å². The van der Waals surface area contributed by atoms with Gasteiger partial charge in [-0.3, -0.25) is 9.69 Å². The van der Waals surface area contributed by atoms with Crippen LogP contribution in [0, 0.1) is 0 Å². The Kier molecular flexibility index (Phi) is 3.86. The summed E-state index contributed by atoms with van der Waals surface area (Å²) in [5, 5.41) is 0.578. The number of hydrogen-bond acceptors (Lipinski definition) is 5. The number of benzene rings is 1. The van der Waals surface area contributed by atoms with Crippen molar-refractivity contribution < 1.29 is 9.53 Å². The summed E-state index contributed by atoms with van der Waals surface area (Å²) in [6, 6.07) is 7.52. The van der Waals surface area contributed by atoms with Crippen LogP contribution in [0.2, 0.25) is 5.02 Å². The van der Waals surface area contributed by atoms with Crippen molar-refractivity contribution in [2.45, 2.75) is 25.3 Å². The van der Waals surface area contributed by atoms with E-state index in [-0.39, 0.29) is 24.3 Å². The molecule has 24 heavy (non-hydrogen) atoms. The number of carbonyl (C=O) groups is 1. The molecular formula is C17H17ClN4O2. The number of aromatic nitrogens is 2. The number of nitrogen functional groups attached to an aromatic ring is 1. The third kappa shape index (κ3) is 2.52. The maximum Gasteiger partial charge on any atom is 0.233 e. The number of ether oxygens (including phenoxy) is 1. The molecule has 1 aromatic carbocycles. The van der Waals surface area contributed by atoms with Crippen molar-refractivity contribution in [1.29, 1.82) is 0 Å². The van der Waals surface area contributed by atoms with Crippen LogP contribution < -0.4 is 10.6 Å². The van der Waals surface area contributed by atoms with Crippen molar-refractivity contribution in [3.05, 3.63) is 34.9 Å². The van der Waals surface area contributed by atoms with Gasteiger partial charge < -0.3 is 10.5 Å². The molecule has 0 spiro atoms. The maximum absolute atomic E-state index is 12.7. The average Bonchev–Trinajstić information content (AvgIpc) is 2.91. The van der Waals surface area contributed by atoms with Gasteiger partial charge in [-0.15, -0.1) is 0 Å². The Hall–Kier alpha value is -2.18. The Bertz CT molecular complexity index is 805. The van der Waals surface area contributed by atoms with Crippen LogP contribution in [0.15, 0.2) is 24.3 Å². The second kappa shape index (κ2) is 6.03. The molecule has 1 fully saturated rings. The van der Waals surface area contributed by atoms with Gasteiger partial charge in [0.2, 0.25) is 11.9 Å². The molecule has 0 aliphatic carbocycles. The number of hydrogen-bond donors (Lipinski definition) is 1. The number of carbonyl (C=O) groups excluding carboxylic acids is 1. The first-order chi connectivity index (χ1) is 11.6. The largest absolute Gasteiger partial charge is 0.381 e. The van der Waals surface area contributed by atoms with E-state index in [0.29, 0.717) is 29.7 Å². The lowest BCUT2D eigenvalue weighted by atomic mass is 10.1. The van der Waals surface area contributed by atoms with Gasteiger partial charge in [-0.05, 0) is 18.9 Å². The minimum atomic E-state index is 0.0325. The van der Waals surface area contributed by atoms with E-state index in [2.05, 4.69) is 9.97 Å². The fourth-order valence-corrected chi connectivity index (χ4v) is 3.63. The third-order valence-corrected chi connectivity index (χ3v) is 4.84. The quantitative estimate of drug-likeness (QED) is 0.905. The number of nitrogens with zero attached hydrogens (tertiary/aromatic N) is 3. The molecule has 2 aromatic rings. The Morgan fingerprint density at radius 3 is 2.71 bits per heavy atom. The van der Waals surface area contributed by atoms with Gasteiger partial charge in [-0.1, -0.05) is 29.8 Å². The molecule has 0 bridgehead atoms. The van der Waals surface area contributed by atoms with Gasteiger partial charge in [0.15, 0.2) is 0 Å². The molecule has 0 atom stereocenters. The zero-order valence-corrected chi connectivity index (χ0v) is 13.8. The lowest BCUT2D eigenvalue weighted by molar-refractivity contribution is -0.118. The first-order valence-electron chi connectivity index (χ1n) is 7.96. The summed E-state index contributed by atoms with van der Waals surface area (Å²) in [7, 11) is 0. The van der Waals surface area contributed by atoms with E-state index in [4.69, 9.17) is 22.1 Å². The fraction of sp³-hybridized carbons (Fsp3) is 0.353. The Balaban J connectivity index is 1.83. The molecule has 2 aliphatic rings. The molecule has 2 aliphatic heterocycles. The highest BCUT2D eigenvalue weighted by atomic mass is 35.5. The van der Waals surface area contributed by atoms with E-state index >= 15 is 0 Å². The van der Waals surface area contributed by atoms with Crippen LogP contribution in [0.25, 0.3) is 11.3 Å². The van der Waals surface area contributed by atoms with E-state index in [1.54, 1.807) is 11.0 Å². The molecule has 1 aromatic heterocycles. The van der Waals surface area contributed by atoms with E-state index < -0.39 is 0 Å². The predicted octanol–water partition coefficient (Wildman–Crippen LogP) is 2.45. The molecule has 0 saturated carbocycles. The van der Waals surface area contributed by atoms with Gasteiger partial charge in [0.05, 0.1) is 12.1 Å². The summed E-state index contributed by atoms with van der Waals surface area (Å²) >= 11 is 6.32. The Labute approximate surface area is 144 Å². The smallest absolute Gasteiger partial charge is 0.233 e. The monoisotopic (exact) mass is 344 g/mol. The number of anilines is 2. The van der Waals surface area contributed by atoms with Gasteiger partial charge in [-0.25, -0.2) is 4.98 Å². The zero-order valence-electron chi connectivity index (χ0n) is 13.0. The van der Waals surface area contributed by atoms with Crippen molar-refractivity contribution in [3.8, 4) is 11.3 Å². The van der Waals surface area contributed by atoms with Crippen LogP contribution >= 0.6 is 11.6 Å². The minimum absolute atomic E-state index is 0.0325. The lowest BCUT2D eigenvalue weighted by Gasteiger charge is -2.30. The highest BCUT2D eigenvalue weighted by molar-refractivity contribution is 6.33. The standard InChI is InChI=1S/C17H17ClN4O2/c18-13-4-2-1-3-11(13)15-12-9-14(23)22(10-5-7-24-8-6-10)16(12)21-17(19)20-15/h1-4,10H,5-9H2,(H2,19,20,21). The lowest BCUT2D eigenvalue weighted by Crippen LogP contribution is -2.41. The van der Waals surface area contributed by atoms with E-state index in [0.717, 1.165) is 24.0 Å². The zero-order chi connectivity index (χ0) is 16.7. The number of amides is 1. The molecule has 1 amide bonds. The van der Waals surface area contributed by atoms with Gasteiger partial charge in [0.25, 0.3) is 0 Å². The van der Waals surface area contributed by atoms with Crippen molar-refractivity contribution in [2.24, 2.45) is 0 Å². The van der Waals surface area contributed by atoms with Crippen molar-refractivity contribution in [1.82, 2.24) is 9.97 Å². The maximum atomic E-state index is 12.7. The van der Waals surface area contributed by atoms with E-state index in [1.165, 1.54) is 0 Å². The fourth-order valence-electron chi connectivity index (χ4n) is 3.40. The predicted molar refractivity (Wildman–Crippen MR) is 91.9 cm³/mol. The third-order valence-electron chi connectivity index (χ3n) is 4.51. The number of rotatable bonds is 2. The van der Waals surface area contributed by atoms with Gasteiger partial charge in [0, 0.05) is 35.4 Å². The van der Waals surface area contributed by atoms with Crippen LogP contribution in [-0.2, 0) is 16.0 Å². The normalized spacial score (nSPS) is 18.0. The summed E-state index contributed by atoms with van der Waals surface area (Å²) < 4.78 is 5.40. The summed E-state index contributed by atoms with van der Waals surface area (Å²) in [4.78, 5) is 23.2. The Morgan fingerprint density at radius 1 is 1.21 bits per heavy atom. The molecule has 1 saturated heterocycles. The molecule has 7 heteroatoms. The highest BCUT2D eigenvalue weighted by Crippen LogP contribution is 2.39.